The Morgan fingerprint density at radius 2 is 2.30 bits per heavy atom. The number of rotatable bonds is 7. The maximum absolute atomic E-state index is 11.9. The van der Waals surface area contributed by atoms with Gasteiger partial charge in [0.05, 0.1) is 11.3 Å². The highest BCUT2D eigenvalue weighted by Gasteiger charge is 2.33. The molecule has 1 amide bonds. The quantitative estimate of drug-likeness (QED) is 0.598. The van der Waals surface area contributed by atoms with Crippen molar-refractivity contribution in [3.05, 3.63) is 36.9 Å². The second kappa shape index (κ2) is 6.92. The number of carbonyl (C=O) groups excluding carboxylic acids is 1. The highest BCUT2D eigenvalue weighted by atomic mass is 32.2. The van der Waals surface area contributed by atoms with Crippen molar-refractivity contribution in [2.75, 3.05) is 30.8 Å². The lowest BCUT2D eigenvalue weighted by molar-refractivity contribution is -0.130. The zero-order valence-electron chi connectivity index (χ0n) is 11.6. The molecule has 0 spiro atoms. The zero-order chi connectivity index (χ0) is 14.4. The van der Waals surface area contributed by atoms with Crippen molar-refractivity contribution in [1.29, 1.82) is 0 Å². The first kappa shape index (κ1) is 15.1. The van der Waals surface area contributed by atoms with Crippen LogP contribution in [-0.2, 0) is 9.53 Å². The van der Waals surface area contributed by atoms with Crippen molar-refractivity contribution < 1.29 is 9.53 Å². The van der Waals surface area contributed by atoms with Crippen molar-refractivity contribution in [2.45, 2.75) is 17.4 Å². The summed E-state index contributed by atoms with van der Waals surface area (Å²) < 4.78 is 5.62. The maximum Gasteiger partial charge on any atom is 0.250 e. The van der Waals surface area contributed by atoms with Crippen LogP contribution in [0.5, 0.6) is 0 Å². The molecule has 20 heavy (non-hydrogen) atoms. The van der Waals surface area contributed by atoms with E-state index in [1.807, 2.05) is 37.3 Å². The maximum atomic E-state index is 11.9. The molecule has 5 heteroatoms. The van der Waals surface area contributed by atoms with Crippen LogP contribution in [0.15, 0.2) is 41.8 Å². The largest absolute Gasteiger partial charge is 0.363 e. The van der Waals surface area contributed by atoms with Crippen molar-refractivity contribution in [2.24, 2.45) is 0 Å². The lowest BCUT2D eigenvalue weighted by Gasteiger charge is -2.38. The number of carbonyl (C=O) groups is 1. The summed E-state index contributed by atoms with van der Waals surface area (Å²) in [6, 6.07) is 7.75. The molecular formula is C15H20N2O2S. The minimum Gasteiger partial charge on any atom is -0.363 e. The minimum atomic E-state index is -0.200. The van der Waals surface area contributed by atoms with Crippen molar-refractivity contribution in [1.82, 2.24) is 5.32 Å². The molecular weight excluding hydrogens is 272 g/mol. The van der Waals surface area contributed by atoms with Crippen LogP contribution in [0.2, 0.25) is 0 Å². The Kier molecular flexibility index (Phi) is 5.23. The Bertz CT molecular complexity index is 487. The van der Waals surface area contributed by atoms with E-state index in [1.165, 1.54) is 0 Å². The summed E-state index contributed by atoms with van der Waals surface area (Å²) in [5.41, 5.74) is 0.624. The second-order valence-corrected chi connectivity index (χ2v) is 6.05. The molecule has 1 aromatic carbocycles. The molecule has 0 saturated carbocycles. The fourth-order valence-corrected chi connectivity index (χ4v) is 2.60. The fourth-order valence-electron chi connectivity index (χ4n) is 1.85. The second-order valence-electron chi connectivity index (χ2n) is 4.99. The molecule has 108 valence electrons. The number of ether oxygens (including phenoxy) is 1. The molecule has 1 fully saturated rings. The topological polar surface area (TPSA) is 50.4 Å². The van der Waals surface area contributed by atoms with Gasteiger partial charge in [0.25, 0.3) is 0 Å². The molecule has 2 rings (SSSR count). The molecule has 1 aliphatic rings. The SMILES string of the molecule is C=CCSc1ccccc1NC(=O)COC1(C)CNC1. The lowest BCUT2D eigenvalue weighted by atomic mass is 10.0. The van der Waals surface area contributed by atoms with E-state index in [2.05, 4.69) is 17.2 Å². The van der Waals surface area contributed by atoms with Gasteiger partial charge in [-0.2, -0.15) is 0 Å². The Morgan fingerprint density at radius 1 is 1.55 bits per heavy atom. The molecule has 0 bridgehead atoms. The number of anilines is 1. The molecule has 0 aromatic heterocycles. The van der Waals surface area contributed by atoms with E-state index in [9.17, 15) is 4.79 Å². The van der Waals surface area contributed by atoms with E-state index in [0.717, 1.165) is 29.4 Å². The third kappa shape index (κ3) is 4.10. The van der Waals surface area contributed by atoms with E-state index in [-0.39, 0.29) is 18.1 Å². The molecule has 1 heterocycles. The Hall–Kier alpha value is -1.30. The van der Waals surface area contributed by atoms with Crippen LogP contribution < -0.4 is 10.6 Å². The van der Waals surface area contributed by atoms with Crippen LogP contribution in [0, 0.1) is 0 Å². The van der Waals surface area contributed by atoms with E-state index < -0.39 is 0 Å². The van der Waals surface area contributed by atoms with Gasteiger partial charge in [-0.3, -0.25) is 4.79 Å². The van der Waals surface area contributed by atoms with E-state index in [0.29, 0.717) is 0 Å². The van der Waals surface area contributed by atoms with Crippen LogP contribution in [0.4, 0.5) is 5.69 Å². The van der Waals surface area contributed by atoms with Gasteiger partial charge in [0, 0.05) is 23.7 Å². The van der Waals surface area contributed by atoms with Crippen LogP contribution in [0.3, 0.4) is 0 Å². The predicted molar refractivity (Wildman–Crippen MR) is 83.2 cm³/mol. The Morgan fingerprint density at radius 3 is 2.95 bits per heavy atom. The molecule has 4 nitrogen and oxygen atoms in total. The highest BCUT2D eigenvalue weighted by Crippen LogP contribution is 2.27. The summed E-state index contributed by atoms with van der Waals surface area (Å²) >= 11 is 1.64. The standard InChI is InChI=1S/C15H20N2O2S/c1-3-8-20-13-7-5-4-6-12(13)17-14(18)9-19-15(2)10-16-11-15/h3-7,16H,1,8-11H2,2H3,(H,17,18). The van der Waals surface area contributed by atoms with Gasteiger partial charge < -0.3 is 15.4 Å². The molecule has 0 radical (unpaired) electrons. The first-order chi connectivity index (χ1) is 9.63. The van der Waals surface area contributed by atoms with E-state index in [4.69, 9.17) is 4.74 Å². The zero-order valence-corrected chi connectivity index (χ0v) is 12.5. The van der Waals surface area contributed by atoms with Gasteiger partial charge in [-0.25, -0.2) is 0 Å². The number of amides is 1. The number of thioether (sulfide) groups is 1. The highest BCUT2D eigenvalue weighted by molar-refractivity contribution is 7.99. The smallest absolute Gasteiger partial charge is 0.250 e. The van der Waals surface area contributed by atoms with Crippen LogP contribution in [0.25, 0.3) is 0 Å². The first-order valence-corrected chi connectivity index (χ1v) is 7.59. The summed E-state index contributed by atoms with van der Waals surface area (Å²) in [5, 5.41) is 6.04. The molecule has 1 aromatic rings. The summed E-state index contributed by atoms with van der Waals surface area (Å²) in [7, 11) is 0. The van der Waals surface area contributed by atoms with Gasteiger partial charge in [0.2, 0.25) is 5.91 Å². The summed E-state index contributed by atoms with van der Waals surface area (Å²) in [4.78, 5) is 13.0. The number of nitrogens with one attached hydrogen (secondary N) is 2. The number of hydrogen-bond donors (Lipinski definition) is 2. The van der Waals surface area contributed by atoms with Gasteiger partial charge >= 0.3 is 0 Å². The molecule has 0 atom stereocenters. The third-order valence-electron chi connectivity index (χ3n) is 3.07. The summed E-state index contributed by atoms with van der Waals surface area (Å²) in [5.74, 6) is 0.692. The monoisotopic (exact) mass is 292 g/mol. The van der Waals surface area contributed by atoms with Gasteiger partial charge in [0.1, 0.15) is 6.61 Å². The third-order valence-corrected chi connectivity index (χ3v) is 4.14. The van der Waals surface area contributed by atoms with Crippen molar-refractivity contribution in [3.8, 4) is 0 Å². The first-order valence-electron chi connectivity index (χ1n) is 6.60. The normalized spacial score (nSPS) is 16.2. The molecule has 1 aliphatic heterocycles. The van der Waals surface area contributed by atoms with Gasteiger partial charge in [-0.15, -0.1) is 18.3 Å². The van der Waals surface area contributed by atoms with Crippen LogP contribution in [-0.4, -0.2) is 37.0 Å². The summed E-state index contributed by atoms with van der Waals surface area (Å²) in [6.45, 7) is 7.39. The Balaban J connectivity index is 1.88. The molecule has 0 unspecified atom stereocenters. The molecule has 1 saturated heterocycles. The average Bonchev–Trinajstić information content (AvgIpc) is 2.42. The Labute approximate surface area is 124 Å². The average molecular weight is 292 g/mol. The van der Waals surface area contributed by atoms with Crippen molar-refractivity contribution >= 4 is 23.4 Å². The summed E-state index contributed by atoms with van der Waals surface area (Å²) in [6.07, 6.45) is 1.84. The van der Waals surface area contributed by atoms with Crippen LogP contribution >= 0.6 is 11.8 Å². The number of benzene rings is 1. The van der Waals surface area contributed by atoms with Gasteiger partial charge in [-0.05, 0) is 19.1 Å². The number of hydrogen-bond acceptors (Lipinski definition) is 4. The predicted octanol–water partition coefficient (Wildman–Crippen LogP) is 2.28. The van der Waals surface area contributed by atoms with Crippen LogP contribution in [0.1, 0.15) is 6.92 Å². The molecule has 0 aliphatic carbocycles. The van der Waals surface area contributed by atoms with Gasteiger partial charge in [-0.1, -0.05) is 18.2 Å². The van der Waals surface area contributed by atoms with E-state index in [1.54, 1.807) is 11.8 Å². The minimum absolute atomic E-state index is 0.0820. The fraction of sp³-hybridized carbons (Fsp3) is 0.400. The van der Waals surface area contributed by atoms with Gasteiger partial charge in [0.15, 0.2) is 0 Å². The lowest BCUT2D eigenvalue weighted by Crippen LogP contribution is -2.59. The number of para-hydroxylation sites is 1. The van der Waals surface area contributed by atoms with E-state index >= 15 is 0 Å². The van der Waals surface area contributed by atoms with Crippen molar-refractivity contribution in [3.63, 3.8) is 0 Å². The molecule has 2 N–H and O–H groups in total.